The van der Waals surface area contributed by atoms with E-state index < -0.39 is 0 Å². The van der Waals surface area contributed by atoms with Crippen LogP contribution in [0.4, 0.5) is 0 Å². The number of likely N-dealkylation sites (tertiary alicyclic amines) is 1. The van der Waals surface area contributed by atoms with E-state index in [2.05, 4.69) is 22.1 Å². The first-order chi connectivity index (χ1) is 10.7. The summed E-state index contributed by atoms with van der Waals surface area (Å²) in [6.45, 7) is 8.15. The van der Waals surface area contributed by atoms with Gasteiger partial charge in [-0.15, -0.1) is 0 Å². The van der Waals surface area contributed by atoms with Gasteiger partial charge in [0, 0.05) is 31.4 Å². The van der Waals surface area contributed by atoms with Crippen molar-refractivity contribution >= 4 is 5.65 Å². The molecular weight excluding hydrogens is 276 g/mol. The molecule has 1 saturated heterocycles. The molecule has 5 heteroatoms. The fourth-order valence-electron chi connectivity index (χ4n) is 3.25. The largest absolute Gasteiger partial charge is 0.310 e. The molecule has 0 radical (unpaired) electrons. The number of pyridine rings is 1. The van der Waals surface area contributed by atoms with Gasteiger partial charge < -0.3 is 5.32 Å². The van der Waals surface area contributed by atoms with E-state index in [1.165, 1.54) is 19.4 Å². The van der Waals surface area contributed by atoms with Crippen molar-refractivity contribution in [2.75, 3.05) is 19.6 Å². The molecule has 1 aliphatic heterocycles. The van der Waals surface area contributed by atoms with Gasteiger partial charge in [0.05, 0.1) is 5.69 Å². The van der Waals surface area contributed by atoms with Crippen LogP contribution < -0.4 is 10.9 Å². The number of aromatic nitrogens is 2. The highest BCUT2D eigenvalue weighted by Gasteiger charge is 2.22. The Labute approximate surface area is 131 Å². The summed E-state index contributed by atoms with van der Waals surface area (Å²) >= 11 is 0. The second-order valence-electron chi connectivity index (χ2n) is 6.07. The van der Waals surface area contributed by atoms with Gasteiger partial charge in [0.25, 0.3) is 5.56 Å². The molecule has 2 aromatic heterocycles. The van der Waals surface area contributed by atoms with Crippen molar-refractivity contribution in [2.45, 2.75) is 39.3 Å². The third-order valence-corrected chi connectivity index (χ3v) is 4.47. The molecule has 5 nitrogen and oxygen atoms in total. The van der Waals surface area contributed by atoms with Crippen LogP contribution in [0.15, 0.2) is 29.2 Å². The minimum absolute atomic E-state index is 0.0159. The maximum Gasteiger partial charge on any atom is 0.258 e. The zero-order valence-electron chi connectivity index (χ0n) is 13.4. The van der Waals surface area contributed by atoms with Crippen LogP contribution in [0.25, 0.3) is 5.65 Å². The summed E-state index contributed by atoms with van der Waals surface area (Å²) in [4.78, 5) is 19.2. The highest BCUT2D eigenvalue weighted by atomic mass is 16.1. The molecular formula is C17H24N4O. The smallest absolute Gasteiger partial charge is 0.258 e. The molecule has 0 unspecified atom stereocenters. The minimum atomic E-state index is -0.0159. The van der Waals surface area contributed by atoms with Gasteiger partial charge in [0.1, 0.15) is 5.65 Å². The molecule has 118 valence electrons. The van der Waals surface area contributed by atoms with Gasteiger partial charge in [-0.25, -0.2) is 4.98 Å². The van der Waals surface area contributed by atoms with Gasteiger partial charge in [0.15, 0.2) is 0 Å². The van der Waals surface area contributed by atoms with Gasteiger partial charge in [-0.05, 0) is 50.6 Å². The van der Waals surface area contributed by atoms with E-state index in [1.54, 1.807) is 16.7 Å². The minimum Gasteiger partial charge on any atom is -0.310 e. The predicted octanol–water partition coefficient (Wildman–Crippen LogP) is 1.58. The van der Waals surface area contributed by atoms with E-state index >= 15 is 0 Å². The first-order valence-electron chi connectivity index (χ1n) is 8.11. The predicted molar refractivity (Wildman–Crippen MR) is 88.2 cm³/mol. The Morgan fingerprint density at radius 1 is 1.41 bits per heavy atom. The first kappa shape index (κ1) is 15.2. The van der Waals surface area contributed by atoms with E-state index in [0.717, 1.165) is 30.0 Å². The number of hydrogen-bond acceptors (Lipinski definition) is 4. The molecule has 0 amide bonds. The zero-order chi connectivity index (χ0) is 15.5. The number of aryl methyl sites for hydroxylation is 1. The third kappa shape index (κ3) is 3.20. The lowest BCUT2D eigenvalue weighted by Gasteiger charge is -2.22. The Balaban J connectivity index is 1.68. The Morgan fingerprint density at radius 2 is 2.27 bits per heavy atom. The fraction of sp³-hybridized carbons (Fsp3) is 0.529. The molecule has 1 atom stereocenters. The lowest BCUT2D eigenvalue weighted by Crippen LogP contribution is -2.37. The highest BCUT2D eigenvalue weighted by molar-refractivity contribution is 5.41. The van der Waals surface area contributed by atoms with Gasteiger partial charge in [0.2, 0.25) is 0 Å². The van der Waals surface area contributed by atoms with Crippen LogP contribution in [0.1, 0.15) is 31.0 Å². The van der Waals surface area contributed by atoms with Gasteiger partial charge in [-0.2, -0.15) is 0 Å². The molecule has 0 saturated carbocycles. The quantitative estimate of drug-likeness (QED) is 0.911. The number of nitrogens with one attached hydrogen (secondary N) is 1. The Morgan fingerprint density at radius 3 is 3.09 bits per heavy atom. The topological polar surface area (TPSA) is 49.6 Å². The van der Waals surface area contributed by atoms with Crippen molar-refractivity contribution in [1.82, 2.24) is 19.6 Å². The Bertz CT molecular complexity index is 709. The van der Waals surface area contributed by atoms with E-state index in [4.69, 9.17) is 0 Å². The zero-order valence-corrected chi connectivity index (χ0v) is 13.4. The normalized spacial score (nSPS) is 19.1. The maximum absolute atomic E-state index is 12.1. The highest BCUT2D eigenvalue weighted by Crippen LogP contribution is 2.15. The monoisotopic (exact) mass is 300 g/mol. The number of rotatable bonds is 5. The SMILES string of the molecule is CCN1CCC[C@@H]1CNCc1cc(=O)n2ccc(C)cc2n1. The van der Waals surface area contributed by atoms with Crippen LogP contribution >= 0.6 is 0 Å². The standard InChI is InChI=1S/C17H24N4O/c1-3-20-7-4-5-15(20)12-18-11-14-10-17(22)21-8-6-13(2)9-16(21)19-14/h6,8-10,15,18H,3-5,7,11-12H2,1-2H3/t15-/m1/s1. The van der Waals surface area contributed by atoms with E-state index in [-0.39, 0.29) is 5.56 Å². The second kappa shape index (κ2) is 6.58. The number of fused-ring (bicyclic) bond motifs is 1. The summed E-state index contributed by atoms with van der Waals surface area (Å²) in [5.41, 5.74) is 2.64. The molecule has 1 fully saturated rings. The van der Waals surface area contributed by atoms with Crippen LogP contribution in [-0.4, -0.2) is 40.0 Å². The molecule has 0 aromatic carbocycles. The van der Waals surface area contributed by atoms with E-state index in [1.807, 2.05) is 19.1 Å². The molecule has 22 heavy (non-hydrogen) atoms. The van der Waals surface area contributed by atoms with Gasteiger partial charge >= 0.3 is 0 Å². The summed E-state index contributed by atoms with van der Waals surface area (Å²) in [6.07, 6.45) is 4.33. The second-order valence-corrected chi connectivity index (χ2v) is 6.07. The molecule has 3 heterocycles. The van der Waals surface area contributed by atoms with Crippen molar-refractivity contribution < 1.29 is 0 Å². The van der Waals surface area contributed by atoms with Crippen LogP contribution in [0, 0.1) is 6.92 Å². The first-order valence-corrected chi connectivity index (χ1v) is 8.11. The van der Waals surface area contributed by atoms with Gasteiger partial charge in [-0.1, -0.05) is 6.92 Å². The van der Waals surface area contributed by atoms with Crippen molar-refractivity contribution in [1.29, 1.82) is 0 Å². The summed E-state index contributed by atoms with van der Waals surface area (Å²) in [5, 5.41) is 3.46. The average Bonchev–Trinajstić information content (AvgIpc) is 2.94. The van der Waals surface area contributed by atoms with E-state index in [0.29, 0.717) is 12.6 Å². The average molecular weight is 300 g/mol. The molecule has 1 N–H and O–H groups in total. The number of hydrogen-bond donors (Lipinski definition) is 1. The van der Waals surface area contributed by atoms with Crippen molar-refractivity contribution in [2.24, 2.45) is 0 Å². The number of nitrogens with zero attached hydrogens (tertiary/aromatic N) is 3. The summed E-state index contributed by atoms with van der Waals surface area (Å²) in [7, 11) is 0. The third-order valence-electron chi connectivity index (χ3n) is 4.47. The molecule has 0 spiro atoms. The number of likely N-dealkylation sites (N-methyl/N-ethyl adjacent to an activating group) is 1. The van der Waals surface area contributed by atoms with E-state index in [9.17, 15) is 4.79 Å². The fourth-order valence-corrected chi connectivity index (χ4v) is 3.25. The summed E-state index contributed by atoms with van der Waals surface area (Å²) in [6, 6.07) is 6.11. The van der Waals surface area contributed by atoms with Crippen molar-refractivity contribution in [3.05, 3.63) is 46.0 Å². The van der Waals surface area contributed by atoms with Crippen LogP contribution in [0.2, 0.25) is 0 Å². The van der Waals surface area contributed by atoms with Crippen molar-refractivity contribution in [3.63, 3.8) is 0 Å². The molecule has 0 bridgehead atoms. The summed E-state index contributed by atoms with van der Waals surface area (Å²) < 4.78 is 1.59. The lowest BCUT2D eigenvalue weighted by atomic mass is 10.2. The Kier molecular flexibility index (Phi) is 4.55. The molecule has 0 aliphatic carbocycles. The summed E-state index contributed by atoms with van der Waals surface area (Å²) in [5.74, 6) is 0. The molecule has 2 aromatic rings. The lowest BCUT2D eigenvalue weighted by molar-refractivity contribution is 0.259. The van der Waals surface area contributed by atoms with Crippen LogP contribution in [0.5, 0.6) is 0 Å². The van der Waals surface area contributed by atoms with Crippen LogP contribution in [-0.2, 0) is 6.54 Å². The van der Waals surface area contributed by atoms with Crippen LogP contribution in [0.3, 0.4) is 0 Å². The molecule has 3 rings (SSSR count). The van der Waals surface area contributed by atoms with Crippen molar-refractivity contribution in [3.8, 4) is 0 Å². The molecule has 1 aliphatic rings. The maximum atomic E-state index is 12.1. The Hall–Kier alpha value is -1.72. The van der Waals surface area contributed by atoms with Gasteiger partial charge in [-0.3, -0.25) is 14.1 Å².